The van der Waals surface area contributed by atoms with E-state index in [4.69, 9.17) is 8.83 Å². The monoisotopic (exact) mass is 919 g/mol. The van der Waals surface area contributed by atoms with Gasteiger partial charge in [-0.1, -0.05) is 164 Å². The van der Waals surface area contributed by atoms with Crippen LogP contribution in [0.2, 0.25) is 0 Å². The SMILES string of the molecule is c1ccc(N(c2ccc3c(c2)-c2cc(N(c4ccccc4)c4cccc5c4oc4ccccc45)ccc2C32c3ccccc3-n3c4ccccc4c4cccc2c43)c2cccc3c2oc2ccccc23)cc1. The second-order valence-electron chi connectivity index (χ2n) is 19.1. The Morgan fingerprint density at radius 1 is 0.319 bits per heavy atom. The normalized spacial score (nSPS) is 13.1. The van der Waals surface area contributed by atoms with E-state index in [1.807, 2.05) is 12.1 Å². The van der Waals surface area contributed by atoms with Crippen LogP contribution in [0.4, 0.5) is 34.1 Å². The Hall–Kier alpha value is -9.58. The lowest BCUT2D eigenvalue weighted by Crippen LogP contribution is -2.33. The fourth-order valence-corrected chi connectivity index (χ4v) is 12.7. The summed E-state index contributed by atoms with van der Waals surface area (Å²) in [7, 11) is 0. The van der Waals surface area contributed by atoms with Gasteiger partial charge in [-0.3, -0.25) is 0 Å². The molecule has 1 spiro atoms. The van der Waals surface area contributed by atoms with Gasteiger partial charge in [0.05, 0.1) is 33.5 Å². The van der Waals surface area contributed by atoms with Crippen LogP contribution in [0, 0.1) is 0 Å². The fourth-order valence-electron chi connectivity index (χ4n) is 12.7. The smallest absolute Gasteiger partial charge is 0.159 e. The van der Waals surface area contributed by atoms with Gasteiger partial charge in [-0.15, -0.1) is 0 Å². The number of hydrogen-bond acceptors (Lipinski definition) is 4. The molecule has 1 aliphatic carbocycles. The molecular formula is C67H41N3O2. The van der Waals surface area contributed by atoms with E-state index in [0.29, 0.717) is 0 Å². The maximum absolute atomic E-state index is 6.79. The summed E-state index contributed by atoms with van der Waals surface area (Å²) < 4.78 is 16.1. The highest BCUT2D eigenvalue weighted by molar-refractivity contribution is 6.14. The molecule has 0 N–H and O–H groups in total. The van der Waals surface area contributed by atoms with Crippen LogP contribution >= 0.6 is 0 Å². The second-order valence-corrected chi connectivity index (χ2v) is 19.1. The molecule has 2 aliphatic rings. The lowest BCUT2D eigenvalue weighted by Gasteiger charge is -2.39. The molecule has 4 heterocycles. The van der Waals surface area contributed by atoms with Crippen LogP contribution in [0.1, 0.15) is 22.3 Å². The molecule has 0 fully saturated rings. The molecule has 11 aromatic carbocycles. The molecule has 0 bridgehead atoms. The quantitative estimate of drug-likeness (QED) is 0.167. The molecule has 0 saturated carbocycles. The summed E-state index contributed by atoms with van der Waals surface area (Å²) in [6.07, 6.45) is 0. The van der Waals surface area contributed by atoms with Crippen LogP contribution in [0.25, 0.3) is 82.5 Å². The molecule has 16 rings (SSSR count). The van der Waals surface area contributed by atoms with Gasteiger partial charge in [0.2, 0.25) is 0 Å². The summed E-state index contributed by atoms with van der Waals surface area (Å²) in [6.45, 7) is 0. The van der Waals surface area contributed by atoms with Gasteiger partial charge >= 0.3 is 0 Å². The van der Waals surface area contributed by atoms with Crippen molar-refractivity contribution in [2.45, 2.75) is 5.41 Å². The Bertz CT molecular complexity index is 4340. The third-order valence-corrected chi connectivity index (χ3v) is 15.5. The molecule has 14 aromatic rings. The molecule has 5 nitrogen and oxygen atoms in total. The van der Waals surface area contributed by atoms with Gasteiger partial charge in [0.1, 0.15) is 11.2 Å². The molecule has 0 radical (unpaired) electrons. The van der Waals surface area contributed by atoms with Gasteiger partial charge < -0.3 is 23.2 Å². The standard InChI is InChI=1S/C67H41N3O2/c1-3-18-42(19-4-1)68(60-32-16-26-50-47-23-8-13-34-62(47)71-65(50)60)44-36-38-54-52(40-44)53-41-45(69(43-20-5-2-6-21-43)61-33-17-27-51-48-24-9-14-35-63(48)72-66(51)61)37-39-55(53)67(54)56-28-10-12-31-59(56)70-58-30-11-7-22-46(58)49-25-15-29-57(67)64(49)70/h1-41H. The van der Waals surface area contributed by atoms with E-state index in [0.717, 1.165) is 78.0 Å². The van der Waals surface area contributed by atoms with Gasteiger partial charge in [0.25, 0.3) is 0 Å². The lowest BCUT2D eigenvalue weighted by atomic mass is 9.65. The number of benzene rings is 11. The minimum atomic E-state index is -0.658. The van der Waals surface area contributed by atoms with E-state index in [1.54, 1.807) is 0 Å². The first-order chi connectivity index (χ1) is 35.7. The van der Waals surface area contributed by atoms with Gasteiger partial charge in [-0.05, 0) is 118 Å². The molecule has 336 valence electrons. The van der Waals surface area contributed by atoms with Crippen LogP contribution in [0.15, 0.2) is 258 Å². The molecule has 5 heteroatoms. The van der Waals surface area contributed by atoms with Crippen molar-refractivity contribution in [2.24, 2.45) is 0 Å². The maximum atomic E-state index is 6.79. The Morgan fingerprint density at radius 2 is 0.778 bits per heavy atom. The van der Waals surface area contributed by atoms with Crippen LogP contribution < -0.4 is 9.80 Å². The van der Waals surface area contributed by atoms with E-state index < -0.39 is 5.41 Å². The van der Waals surface area contributed by atoms with Crippen molar-refractivity contribution < 1.29 is 8.83 Å². The predicted octanol–water partition coefficient (Wildman–Crippen LogP) is 18.2. The molecule has 72 heavy (non-hydrogen) atoms. The van der Waals surface area contributed by atoms with E-state index in [9.17, 15) is 0 Å². The zero-order valence-electron chi connectivity index (χ0n) is 38.8. The number of hydrogen-bond donors (Lipinski definition) is 0. The molecule has 0 atom stereocenters. The predicted molar refractivity (Wildman–Crippen MR) is 296 cm³/mol. The number of aromatic nitrogens is 1. The van der Waals surface area contributed by atoms with Crippen LogP contribution in [0.5, 0.6) is 0 Å². The van der Waals surface area contributed by atoms with Crippen molar-refractivity contribution in [3.05, 3.63) is 271 Å². The molecule has 0 saturated heterocycles. The first-order valence-electron chi connectivity index (χ1n) is 24.7. The largest absolute Gasteiger partial charge is 0.454 e. The van der Waals surface area contributed by atoms with Crippen LogP contribution in [0.3, 0.4) is 0 Å². The Labute approximate surface area is 414 Å². The number of anilines is 6. The highest BCUT2D eigenvalue weighted by Gasteiger charge is 2.51. The number of para-hydroxylation sites is 9. The first-order valence-corrected chi connectivity index (χ1v) is 24.7. The third kappa shape index (κ3) is 5.21. The van der Waals surface area contributed by atoms with Gasteiger partial charge in [-0.25, -0.2) is 0 Å². The fraction of sp³-hybridized carbons (Fsp3) is 0.0149. The lowest BCUT2D eigenvalue weighted by molar-refractivity contribution is 0.668. The molecule has 3 aromatic heterocycles. The Balaban J connectivity index is 1.01. The number of furan rings is 2. The summed E-state index contributed by atoms with van der Waals surface area (Å²) >= 11 is 0. The van der Waals surface area contributed by atoms with Crippen molar-refractivity contribution in [1.82, 2.24) is 4.57 Å². The van der Waals surface area contributed by atoms with Crippen molar-refractivity contribution in [3.8, 4) is 16.8 Å². The zero-order chi connectivity index (χ0) is 47.1. The van der Waals surface area contributed by atoms with Gasteiger partial charge in [-0.2, -0.15) is 0 Å². The molecule has 0 amide bonds. The van der Waals surface area contributed by atoms with E-state index in [-0.39, 0.29) is 0 Å². The van der Waals surface area contributed by atoms with Crippen molar-refractivity contribution in [1.29, 1.82) is 0 Å². The highest BCUT2D eigenvalue weighted by Crippen LogP contribution is 2.62. The van der Waals surface area contributed by atoms with Crippen LogP contribution in [-0.2, 0) is 5.41 Å². The molecule has 0 unspecified atom stereocenters. The summed E-state index contributed by atoms with van der Waals surface area (Å²) in [5.74, 6) is 0. The summed E-state index contributed by atoms with van der Waals surface area (Å²) in [4.78, 5) is 4.73. The highest BCUT2D eigenvalue weighted by atomic mass is 16.3. The van der Waals surface area contributed by atoms with Crippen molar-refractivity contribution >= 4 is 99.8 Å². The van der Waals surface area contributed by atoms with E-state index in [1.165, 1.54) is 60.9 Å². The molecule has 1 aliphatic heterocycles. The second kappa shape index (κ2) is 14.7. The Kier molecular flexibility index (Phi) is 8.03. The number of nitrogens with zero attached hydrogens (tertiary/aromatic N) is 3. The van der Waals surface area contributed by atoms with Crippen LogP contribution in [-0.4, -0.2) is 4.57 Å². The van der Waals surface area contributed by atoms with Crippen molar-refractivity contribution in [3.63, 3.8) is 0 Å². The Morgan fingerprint density at radius 3 is 1.38 bits per heavy atom. The zero-order valence-corrected chi connectivity index (χ0v) is 38.8. The topological polar surface area (TPSA) is 37.7 Å². The minimum absolute atomic E-state index is 0.658. The summed E-state index contributed by atoms with van der Waals surface area (Å²) in [5, 5.41) is 6.88. The molecular weight excluding hydrogens is 879 g/mol. The first kappa shape index (κ1) is 39.3. The van der Waals surface area contributed by atoms with E-state index >= 15 is 0 Å². The third-order valence-electron chi connectivity index (χ3n) is 15.5. The van der Waals surface area contributed by atoms with Gasteiger partial charge in [0.15, 0.2) is 11.2 Å². The van der Waals surface area contributed by atoms with Gasteiger partial charge in [0, 0.05) is 55.1 Å². The summed E-state index contributed by atoms with van der Waals surface area (Å²) in [6, 6.07) is 90.3. The van der Waals surface area contributed by atoms with E-state index in [2.05, 4.69) is 251 Å². The average Bonchev–Trinajstić information content (AvgIpc) is 4.19. The average molecular weight is 920 g/mol. The number of fused-ring (bicyclic) bond motifs is 18. The van der Waals surface area contributed by atoms with Crippen molar-refractivity contribution in [2.75, 3.05) is 9.80 Å². The number of rotatable bonds is 6. The maximum Gasteiger partial charge on any atom is 0.159 e. The minimum Gasteiger partial charge on any atom is -0.454 e. The summed E-state index contributed by atoms with van der Waals surface area (Å²) in [5.41, 5.74) is 19.9.